The van der Waals surface area contributed by atoms with Crippen LogP contribution in [0.4, 0.5) is 0 Å². The molecule has 1 heterocycles. The SMILES string of the molecule is C=C[C@H]1CN(C)CC[C@@]1(C)NC. The Bertz CT molecular complexity index is 167. The van der Waals surface area contributed by atoms with Crippen LogP contribution >= 0.6 is 0 Å². The van der Waals surface area contributed by atoms with Crippen molar-refractivity contribution in [3.63, 3.8) is 0 Å². The van der Waals surface area contributed by atoms with Crippen molar-refractivity contribution in [2.45, 2.75) is 18.9 Å². The highest BCUT2D eigenvalue weighted by Crippen LogP contribution is 2.27. The van der Waals surface area contributed by atoms with E-state index in [9.17, 15) is 0 Å². The van der Waals surface area contributed by atoms with Crippen molar-refractivity contribution in [2.24, 2.45) is 5.92 Å². The van der Waals surface area contributed by atoms with Crippen molar-refractivity contribution >= 4 is 0 Å². The lowest BCUT2D eigenvalue weighted by atomic mass is 9.79. The largest absolute Gasteiger partial charge is 0.314 e. The van der Waals surface area contributed by atoms with Gasteiger partial charge in [0.2, 0.25) is 0 Å². The Hall–Kier alpha value is -0.340. The predicted octanol–water partition coefficient (Wildman–Crippen LogP) is 1.10. The van der Waals surface area contributed by atoms with Crippen LogP contribution in [0.3, 0.4) is 0 Å². The lowest BCUT2D eigenvalue weighted by molar-refractivity contribution is 0.131. The average Bonchev–Trinajstić information content (AvgIpc) is 2.09. The minimum absolute atomic E-state index is 0.258. The summed E-state index contributed by atoms with van der Waals surface area (Å²) in [6.45, 7) is 8.49. The first-order valence-electron chi connectivity index (χ1n) is 4.62. The third kappa shape index (κ3) is 1.70. The van der Waals surface area contributed by atoms with E-state index in [2.05, 4.69) is 36.8 Å². The van der Waals surface area contributed by atoms with Crippen molar-refractivity contribution < 1.29 is 0 Å². The summed E-state index contributed by atoms with van der Waals surface area (Å²) in [6, 6.07) is 0. The molecular weight excluding hydrogens is 148 g/mol. The highest BCUT2D eigenvalue weighted by atomic mass is 15.1. The number of likely N-dealkylation sites (tertiary alicyclic amines) is 1. The lowest BCUT2D eigenvalue weighted by Gasteiger charge is -2.43. The third-order valence-electron chi connectivity index (χ3n) is 3.20. The Morgan fingerprint density at radius 2 is 2.33 bits per heavy atom. The molecule has 0 spiro atoms. The number of nitrogens with one attached hydrogen (secondary N) is 1. The van der Waals surface area contributed by atoms with Gasteiger partial charge < -0.3 is 10.2 Å². The molecular formula is C10H20N2. The Morgan fingerprint density at radius 1 is 1.67 bits per heavy atom. The molecule has 0 bridgehead atoms. The van der Waals surface area contributed by atoms with Gasteiger partial charge in [-0.3, -0.25) is 0 Å². The molecule has 1 N–H and O–H groups in total. The average molecular weight is 168 g/mol. The molecule has 1 rings (SSSR count). The molecule has 0 radical (unpaired) electrons. The summed E-state index contributed by atoms with van der Waals surface area (Å²) in [5.41, 5.74) is 0.258. The first kappa shape index (κ1) is 9.75. The quantitative estimate of drug-likeness (QED) is 0.621. The van der Waals surface area contributed by atoms with E-state index in [0.717, 1.165) is 6.54 Å². The summed E-state index contributed by atoms with van der Waals surface area (Å²) in [5.74, 6) is 0.571. The molecule has 0 aromatic carbocycles. The fraction of sp³-hybridized carbons (Fsp3) is 0.800. The molecule has 1 saturated heterocycles. The van der Waals surface area contributed by atoms with E-state index < -0.39 is 0 Å². The number of rotatable bonds is 2. The molecule has 1 aliphatic rings. The van der Waals surface area contributed by atoms with Crippen LogP contribution in [0.2, 0.25) is 0 Å². The zero-order chi connectivity index (χ0) is 9.19. The van der Waals surface area contributed by atoms with Crippen LogP contribution in [-0.2, 0) is 0 Å². The Kier molecular flexibility index (Phi) is 2.91. The molecule has 2 atom stereocenters. The zero-order valence-electron chi connectivity index (χ0n) is 8.43. The summed E-state index contributed by atoms with van der Waals surface area (Å²) in [4.78, 5) is 2.37. The van der Waals surface area contributed by atoms with Crippen molar-refractivity contribution in [1.29, 1.82) is 0 Å². The van der Waals surface area contributed by atoms with Gasteiger partial charge in [0.15, 0.2) is 0 Å². The summed E-state index contributed by atoms with van der Waals surface area (Å²) in [6.07, 6.45) is 3.28. The van der Waals surface area contributed by atoms with Gasteiger partial charge in [-0.15, -0.1) is 6.58 Å². The molecule has 0 aliphatic carbocycles. The molecule has 1 fully saturated rings. The van der Waals surface area contributed by atoms with Gasteiger partial charge in [-0.1, -0.05) is 6.08 Å². The number of hydrogen-bond donors (Lipinski definition) is 1. The minimum atomic E-state index is 0.258. The minimum Gasteiger partial charge on any atom is -0.314 e. The molecule has 2 heteroatoms. The zero-order valence-corrected chi connectivity index (χ0v) is 8.43. The Labute approximate surface area is 75.6 Å². The molecule has 0 saturated carbocycles. The third-order valence-corrected chi connectivity index (χ3v) is 3.20. The van der Waals surface area contributed by atoms with Gasteiger partial charge in [-0.2, -0.15) is 0 Å². The smallest absolute Gasteiger partial charge is 0.0237 e. The van der Waals surface area contributed by atoms with Crippen LogP contribution in [0.25, 0.3) is 0 Å². The van der Waals surface area contributed by atoms with Crippen LogP contribution in [-0.4, -0.2) is 37.6 Å². The topological polar surface area (TPSA) is 15.3 Å². The Balaban J connectivity index is 2.68. The summed E-state index contributed by atoms with van der Waals surface area (Å²) in [7, 11) is 4.22. The van der Waals surface area contributed by atoms with Gasteiger partial charge in [-0.25, -0.2) is 0 Å². The molecule has 2 nitrogen and oxygen atoms in total. The highest BCUT2D eigenvalue weighted by molar-refractivity contribution is 5.02. The van der Waals surface area contributed by atoms with E-state index in [-0.39, 0.29) is 5.54 Å². The monoisotopic (exact) mass is 168 g/mol. The molecule has 12 heavy (non-hydrogen) atoms. The molecule has 0 amide bonds. The maximum Gasteiger partial charge on any atom is 0.0237 e. The fourth-order valence-electron chi connectivity index (χ4n) is 1.88. The van der Waals surface area contributed by atoms with Crippen LogP contribution in [0, 0.1) is 5.92 Å². The molecule has 70 valence electrons. The number of nitrogens with zero attached hydrogens (tertiary/aromatic N) is 1. The second-order valence-electron chi connectivity index (χ2n) is 4.02. The number of piperidine rings is 1. The summed E-state index contributed by atoms with van der Waals surface area (Å²) in [5, 5.41) is 3.40. The van der Waals surface area contributed by atoms with Gasteiger partial charge in [-0.05, 0) is 34.0 Å². The second-order valence-corrected chi connectivity index (χ2v) is 4.02. The second kappa shape index (κ2) is 3.58. The fourth-order valence-corrected chi connectivity index (χ4v) is 1.88. The van der Waals surface area contributed by atoms with Gasteiger partial charge in [0, 0.05) is 18.0 Å². The van der Waals surface area contributed by atoms with Crippen molar-refractivity contribution in [3.8, 4) is 0 Å². The van der Waals surface area contributed by atoms with Crippen LogP contribution < -0.4 is 5.32 Å². The van der Waals surface area contributed by atoms with E-state index in [1.165, 1.54) is 13.0 Å². The molecule has 0 aromatic heterocycles. The normalized spacial score (nSPS) is 38.1. The maximum absolute atomic E-state index is 3.90. The van der Waals surface area contributed by atoms with Crippen LogP contribution in [0.5, 0.6) is 0 Å². The Morgan fingerprint density at radius 3 is 2.83 bits per heavy atom. The van der Waals surface area contributed by atoms with Gasteiger partial charge in [0.25, 0.3) is 0 Å². The highest BCUT2D eigenvalue weighted by Gasteiger charge is 2.34. The van der Waals surface area contributed by atoms with E-state index in [1.54, 1.807) is 0 Å². The predicted molar refractivity (Wildman–Crippen MR) is 53.3 cm³/mol. The van der Waals surface area contributed by atoms with Crippen LogP contribution in [0.1, 0.15) is 13.3 Å². The van der Waals surface area contributed by atoms with Crippen molar-refractivity contribution in [3.05, 3.63) is 12.7 Å². The van der Waals surface area contributed by atoms with Gasteiger partial charge >= 0.3 is 0 Å². The van der Waals surface area contributed by atoms with E-state index >= 15 is 0 Å². The summed E-state index contributed by atoms with van der Waals surface area (Å²) >= 11 is 0. The van der Waals surface area contributed by atoms with E-state index in [0.29, 0.717) is 5.92 Å². The lowest BCUT2D eigenvalue weighted by Crippen LogP contribution is -2.55. The van der Waals surface area contributed by atoms with Crippen LogP contribution in [0.15, 0.2) is 12.7 Å². The van der Waals surface area contributed by atoms with E-state index in [1.807, 2.05) is 7.05 Å². The van der Waals surface area contributed by atoms with Crippen molar-refractivity contribution in [2.75, 3.05) is 27.2 Å². The first-order chi connectivity index (χ1) is 5.62. The standard InChI is InChI=1S/C10H20N2/c1-5-9-8-12(4)7-6-10(9,2)11-3/h5,9,11H,1,6-8H2,2-4H3/t9-,10+/m0/s1. The number of hydrogen-bond acceptors (Lipinski definition) is 2. The molecule has 1 aliphatic heterocycles. The molecule has 0 unspecified atom stereocenters. The first-order valence-corrected chi connectivity index (χ1v) is 4.62. The van der Waals surface area contributed by atoms with Gasteiger partial charge in [0.1, 0.15) is 0 Å². The maximum atomic E-state index is 3.90. The van der Waals surface area contributed by atoms with E-state index in [4.69, 9.17) is 0 Å². The molecule has 0 aromatic rings. The summed E-state index contributed by atoms with van der Waals surface area (Å²) < 4.78 is 0. The van der Waals surface area contributed by atoms with Crippen molar-refractivity contribution in [1.82, 2.24) is 10.2 Å². The van der Waals surface area contributed by atoms with Gasteiger partial charge in [0.05, 0.1) is 0 Å².